The number of aromatic hydroxyl groups is 1. The van der Waals surface area contributed by atoms with Crippen LogP contribution in [-0.4, -0.2) is 44.2 Å². The van der Waals surface area contributed by atoms with Crippen molar-refractivity contribution in [1.82, 2.24) is 25.3 Å². The van der Waals surface area contributed by atoms with Gasteiger partial charge in [0, 0.05) is 30.4 Å². The molecule has 1 aliphatic carbocycles. The predicted molar refractivity (Wildman–Crippen MR) is 122 cm³/mol. The van der Waals surface area contributed by atoms with Crippen molar-refractivity contribution in [2.75, 3.05) is 6.54 Å². The van der Waals surface area contributed by atoms with Crippen LogP contribution in [-0.2, 0) is 23.4 Å². The van der Waals surface area contributed by atoms with E-state index in [9.17, 15) is 19.5 Å². The van der Waals surface area contributed by atoms with E-state index in [1.165, 1.54) is 29.9 Å². The normalized spacial score (nSPS) is 21.5. The topological polar surface area (TPSA) is 117 Å². The van der Waals surface area contributed by atoms with Crippen molar-refractivity contribution in [2.24, 2.45) is 5.92 Å². The number of urea groups is 1. The highest BCUT2D eigenvalue weighted by Gasteiger charge is 2.50. The third kappa shape index (κ3) is 3.40. The lowest BCUT2D eigenvalue weighted by Crippen LogP contribution is -2.52. The van der Waals surface area contributed by atoms with E-state index < -0.39 is 17.5 Å². The molecule has 1 saturated heterocycles. The van der Waals surface area contributed by atoms with Gasteiger partial charge in [0.1, 0.15) is 5.75 Å². The van der Waals surface area contributed by atoms with Crippen LogP contribution in [0.15, 0.2) is 54.9 Å². The molecule has 4 amide bonds. The lowest BCUT2D eigenvalue weighted by atomic mass is 9.88. The van der Waals surface area contributed by atoms with Gasteiger partial charge in [0.25, 0.3) is 11.8 Å². The van der Waals surface area contributed by atoms with Gasteiger partial charge in [0.05, 0.1) is 12.7 Å². The second-order valence-corrected chi connectivity index (χ2v) is 9.29. The molecule has 0 bridgehead atoms. The molecule has 1 aromatic heterocycles. The number of phenolic OH excluding ortho intramolecular Hbond substituents is 1. The maximum absolute atomic E-state index is 13.0. The zero-order valence-electron chi connectivity index (χ0n) is 18.3. The van der Waals surface area contributed by atoms with Crippen molar-refractivity contribution in [2.45, 2.75) is 31.5 Å². The van der Waals surface area contributed by atoms with E-state index in [0.29, 0.717) is 11.1 Å². The molecule has 2 aliphatic heterocycles. The SMILES string of the molecule is O=C1NC(=O)C(CN2Cc3ccc(O)cc3C2=O)(c2ccc(-c3cnn(CC4CC4)c3)cc2)N1. The van der Waals surface area contributed by atoms with Crippen LogP contribution < -0.4 is 10.6 Å². The quantitative estimate of drug-likeness (QED) is 0.492. The standard InChI is InChI=1S/C25H23N5O4/c31-20-8-5-17-12-29(22(32)21(17)9-20)14-25(23(33)27-24(34)28-25)19-6-3-16(4-7-19)18-10-26-30(13-18)11-15-1-2-15/h3-10,13,15,31H,1-2,11-12,14H2,(H2,27,28,33,34). The molecule has 1 atom stereocenters. The summed E-state index contributed by atoms with van der Waals surface area (Å²) < 4.78 is 1.96. The highest BCUT2D eigenvalue weighted by Crippen LogP contribution is 2.34. The number of nitrogens with zero attached hydrogens (tertiary/aromatic N) is 3. The van der Waals surface area contributed by atoms with Crippen LogP contribution in [0.2, 0.25) is 0 Å². The molecule has 0 radical (unpaired) electrons. The molecule has 0 spiro atoms. The molecule has 172 valence electrons. The maximum Gasteiger partial charge on any atom is 0.322 e. The van der Waals surface area contributed by atoms with Crippen LogP contribution in [0.5, 0.6) is 5.75 Å². The molecule has 1 saturated carbocycles. The number of amides is 4. The average molecular weight is 457 g/mol. The predicted octanol–water partition coefficient (Wildman–Crippen LogP) is 2.36. The second kappa shape index (κ2) is 7.44. The number of hydrogen-bond acceptors (Lipinski definition) is 5. The fourth-order valence-electron chi connectivity index (χ4n) is 4.79. The second-order valence-electron chi connectivity index (χ2n) is 9.29. The fraction of sp³-hybridized carbons (Fsp3) is 0.280. The molecule has 9 heteroatoms. The van der Waals surface area contributed by atoms with Crippen LogP contribution in [0.4, 0.5) is 4.79 Å². The molecule has 3 heterocycles. The summed E-state index contributed by atoms with van der Waals surface area (Å²) in [4.78, 5) is 39.7. The van der Waals surface area contributed by atoms with Gasteiger partial charge in [-0.2, -0.15) is 5.10 Å². The number of phenols is 1. The lowest BCUT2D eigenvalue weighted by molar-refractivity contribution is -0.124. The minimum absolute atomic E-state index is 0.00613. The van der Waals surface area contributed by atoms with E-state index in [1.54, 1.807) is 18.2 Å². The molecular weight excluding hydrogens is 434 g/mol. The van der Waals surface area contributed by atoms with E-state index in [4.69, 9.17) is 0 Å². The maximum atomic E-state index is 13.0. The third-order valence-corrected chi connectivity index (χ3v) is 6.83. The van der Waals surface area contributed by atoms with E-state index in [1.807, 2.05) is 29.2 Å². The zero-order chi connectivity index (χ0) is 23.4. The van der Waals surface area contributed by atoms with Gasteiger partial charge in [0.2, 0.25) is 0 Å². The van der Waals surface area contributed by atoms with Crippen LogP contribution in [0, 0.1) is 5.92 Å². The van der Waals surface area contributed by atoms with E-state index >= 15 is 0 Å². The fourth-order valence-corrected chi connectivity index (χ4v) is 4.79. The molecule has 9 nitrogen and oxygen atoms in total. The number of fused-ring (bicyclic) bond motifs is 1. The average Bonchev–Trinajstić information content (AvgIpc) is 3.31. The minimum atomic E-state index is -1.41. The van der Waals surface area contributed by atoms with Crippen molar-refractivity contribution in [1.29, 1.82) is 0 Å². The summed E-state index contributed by atoms with van der Waals surface area (Å²) in [5, 5.41) is 19.3. The Kier molecular flexibility index (Phi) is 4.48. The Hall–Kier alpha value is -4.14. The van der Waals surface area contributed by atoms with Crippen LogP contribution in [0.25, 0.3) is 11.1 Å². The number of aromatic nitrogens is 2. The number of nitrogens with one attached hydrogen (secondary N) is 2. The molecular formula is C25H23N5O4. The first-order valence-corrected chi connectivity index (χ1v) is 11.3. The van der Waals surface area contributed by atoms with Crippen molar-refractivity contribution in [3.8, 4) is 16.9 Å². The molecule has 6 rings (SSSR count). The first-order chi connectivity index (χ1) is 16.4. The summed E-state index contributed by atoms with van der Waals surface area (Å²) in [6.07, 6.45) is 6.35. The van der Waals surface area contributed by atoms with Gasteiger partial charge in [-0.1, -0.05) is 30.3 Å². The Balaban J connectivity index is 1.29. The minimum Gasteiger partial charge on any atom is -0.508 e. The number of rotatable bonds is 6. The molecule has 3 aromatic rings. The number of carbonyl (C=O) groups is 3. The molecule has 2 aromatic carbocycles. The first-order valence-electron chi connectivity index (χ1n) is 11.3. The van der Waals surface area contributed by atoms with Crippen molar-refractivity contribution >= 4 is 17.8 Å². The molecule has 2 fully saturated rings. The molecule has 3 N–H and O–H groups in total. The van der Waals surface area contributed by atoms with Gasteiger partial charge in [-0.15, -0.1) is 0 Å². The zero-order valence-corrected chi connectivity index (χ0v) is 18.3. The van der Waals surface area contributed by atoms with Crippen LogP contribution >= 0.6 is 0 Å². The number of imide groups is 1. The molecule has 1 unspecified atom stereocenters. The lowest BCUT2D eigenvalue weighted by Gasteiger charge is -2.31. The first kappa shape index (κ1) is 20.5. The van der Waals surface area contributed by atoms with E-state index in [0.717, 1.165) is 29.2 Å². The summed E-state index contributed by atoms with van der Waals surface area (Å²) in [7, 11) is 0. The van der Waals surface area contributed by atoms with E-state index in [2.05, 4.69) is 15.7 Å². The summed E-state index contributed by atoms with van der Waals surface area (Å²) in [5.41, 5.74) is 2.26. The van der Waals surface area contributed by atoms with Crippen molar-refractivity contribution in [3.05, 3.63) is 71.5 Å². The largest absolute Gasteiger partial charge is 0.508 e. The van der Waals surface area contributed by atoms with Gasteiger partial charge in [-0.05, 0) is 47.6 Å². The Morgan fingerprint density at radius 1 is 1.06 bits per heavy atom. The van der Waals surface area contributed by atoms with Crippen molar-refractivity contribution in [3.63, 3.8) is 0 Å². The monoisotopic (exact) mass is 457 g/mol. The summed E-state index contributed by atoms with van der Waals surface area (Å²) in [6, 6.07) is 11.4. The number of carbonyl (C=O) groups excluding carboxylic acids is 3. The summed E-state index contributed by atoms with van der Waals surface area (Å²) in [5.74, 6) is -0.0671. The number of hydrogen-bond donors (Lipinski definition) is 3. The third-order valence-electron chi connectivity index (χ3n) is 6.83. The van der Waals surface area contributed by atoms with Gasteiger partial charge < -0.3 is 15.3 Å². The number of benzene rings is 2. The van der Waals surface area contributed by atoms with Gasteiger partial charge in [-0.3, -0.25) is 19.6 Å². The molecule has 34 heavy (non-hydrogen) atoms. The van der Waals surface area contributed by atoms with Gasteiger partial charge in [-0.25, -0.2) is 4.79 Å². The molecule has 3 aliphatic rings. The van der Waals surface area contributed by atoms with Crippen molar-refractivity contribution < 1.29 is 19.5 Å². The summed E-state index contributed by atoms with van der Waals surface area (Å²) in [6.45, 7) is 1.19. The van der Waals surface area contributed by atoms with Gasteiger partial charge >= 0.3 is 6.03 Å². The highest BCUT2D eigenvalue weighted by molar-refractivity contribution is 6.08. The Bertz CT molecular complexity index is 1330. The summed E-state index contributed by atoms with van der Waals surface area (Å²) >= 11 is 0. The van der Waals surface area contributed by atoms with Crippen LogP contribution in [0.1, 0.15) is 34.3 Å². The Morgan fingerprint density at radius 2 is 1.85 bits per heavy atom. The Morgan fingerprint density at radius 3 is 2.56 bits per heavy atom. The van der Waals surface area contributed by atoms with E-state index in [-0.39, 0.29) is 24.7 Å². The van der Waals surface area contributed by atoms with Gasteiger partial charge in [0.15, 0.2) is 5.54 Å². The van der Waals surface area contributed by atoms with Crippen LogP contribution in [0.3, 0.4) is 0 Å². The Labute approximate surface area is 195 Å². The smallest absolute Gasteiger partial charge is 0.322 e. The highest BCUT2D eigenvalue weighted by atomic mass is 16.3.